The van der Waals surface area contributed by atoms with E-state index in [4.69, 9.17) is 16.3 Å². The Morgan fingerprint density at radius 2 is 2.12 bits per heavy atom. The van der Waals surface area contributed by atoms with Crippen LogP contribution < -0.4 is 4.74 Å². The fourth-order valence-electron chi connectivity index (χ4n) is 1.85. The molecule has 5 nitrogen and oxygen atoms in total. The molecule has 1 unspecified atom stereocenters. The lowest BCUT2D eigenvalue weighted by atomic mass is 10.2. The van der Waals surface area contributed by atoms with Gasteiger partial charge in [0.15, 0.2) is 11.4 Å². The van der Waals surface area contributed by atoms with E-state index in [1.807, 2.05) is 0 Å². The minimum atomic E-state index is -4.54. The highest BCUT2D eigenvalue weighted by molar-refractivity contribution is 6.20. The number of aromatic nitrogens is 2. The van der Waals surface area contributed by atoms with Gasteiger partial charge >= 0.3 is 12.1 Å². The first-order valence-corrected chi connectivity index (χ1v) is 7.19. The molecule has 0 fully saturated rings. The third kappa shape index (κ3) is 4.58. The second-order valence-electron chi connectivity index (χ2n) is 4.92. The summed E-state index contributed by atoms with van der Waals surface area (Å²) in [7, 11) is 0. The molecule has 2 rings (SSSR count). The number of carboxylic acid groups (broad SMARTS) is 1. The first kappa shape index (κ1) is 18.0. The third-order valence-electron chi connectivity index (χ3n) is 2.86. The number of benzene rings is 1. The molecule has 1 heterocycles. The maximum absolute atomic E-state index is 12.7. The molecule has 0 aliphatic carbocycles. The van der Waals surface area contributed by atoms with E-state index in [0.29, 0.717) is 0 Å². The SMILES string of the molecule is CC(Cl)Cc1ncc(Oc2cccc(C(F)(F)F)c2)c(C(=O)O)n1. The van der Waals surface area contributed by atoms with Crippen LogP contribution in [-0.4, -0.2) is 26.4 Å². The molecular weight excluding hydrogens is 349 g/mol. The van der Waals surface area contributed by atoms with Crippen LogP contribution in [0.25, 0.3) is 0 Å². The normalized spacial score (nSPS) is 12.7. The minimum Gasteiger partial charge on any atom is -0.476 e. The van der Waals surface area contributed by atoms with Crippen molar-refractivity contribution in [3.8, 4) is 11.5 Å². The van der Waals surface area contributed by atoms with E-state index in [9.17, 15) is 23.1 Å². The zero-order valence-corrected chi connectivity index (χ0v) is 13.1. The predicted octanol–water partition coefficient (Wildman–Crippen LogP) is 4.16. The Balaban J connectivity index is 2.34. The fraction of sp³-hybridized carbons (Fsp3) is 0.267. The molecule has 2 aromatic rings. The second kappa shape index (κ2) is 7.04. The molecule has 0 amide bonds. The topological polar surface area (TPSA) is 72.3 Å². The van der Waals surface area contributed by atoms with Crippen LogP contribution in [-0.2, 0) is 12.6 Å². The van der Waals surface area contributed by atoms with Gasteiger partial charge in [0.1, 0.15) is 11.6 Å². The van der Waals surface area contributed by atoms with Gasteiger partial charge < -0.3 is 9.84 Å². The largest absolute Gasteiger partial charge is 0.476 e. The van der Waals surface area contributed by atoms with Gasteiger partial charge in [0.05, 0.1) is 11.8 Å². The number of carboxylic acids is 1. The van der Waals surface area contributed by atoms with Gasteiger partial charge in [0.2, 0.25) is 0 Å². The number of carbonyl (C=O) groups is 1. The van der Waals surface area contributed by atoms with E-state index in [-0.39, 0.29) is 29.1 Å². The Morgan fingerprint density at radius 1 is 1.42 bits per heavy atom. The van der Waals surface area contributed by atoms with E-state index in [1.54, 1.807) is 6.92 Å². The lowest BCUT2D eigenvalue weighted by Gasteiger charge is -2.11. The Labute approximate surface area is 140 Å². The summed E-state index contributed by atoms with van der Waals surface area (Å²) >= 11 is 5.81. The van der Waals surface area contributed by atoms with Crippen molar-refractivity contribution < 1.29 is 27.8 Å². The molecule has 128 valence electrons. The Morgan fingerprint density at radius 3 is 2.71 bits per heavy atom. The summed E-state index contributed by atoms with van der Waals surface area (Å²) in [5.74, 6) is -1.61. The van der Waals surface area contributed by atoms with Gasteiger partial charge in [-0.2, -0.15) is 13.2 Å². The van der Waals surface area contributed by atoms with Gasteiger partial charge in [0.25, 0.3) is 0 Å². The molecule has 0 aliphatic rings. The Bertz CT molecular complexity index is 751. The van der Waals surface area contributed by atoms with Crippen LogP contribution in [0.5, 0.6) is 11.5 Å². The summed E-state index contributed by atoms with van der Waals surface area (Å²) < 4.78 is 43.3. The monoisotopic (exact) mass is 360 g/mol. The van der Waals surface area contributed by atoms with Crippen molar-refractivity contribution in [1.29, 1.82) is 0 Å². The quantitative estimate of drug-likeness (QED) is 0.811. The number of ether oxygens (including phenoxy) is 1. The molecule has 0 saturated heterocycles. The van der Waals surface area contributed by atoms with Crippen molar-refractivity contribution >= 4 is 17.6 Å². The molecule has 0 spiro atoms. The molecule has 0 saturated carbocycles. The van der Waals surface area contributed by atoms with Crippen molar-refractivity contribution in [2.45, 2.75) is 24.9 Å². The Kier molecular flexibility index (Phi) is 5.28. The van der Waals surface area contributed by atoms with Crippen LogP contribution in [0.2, 0.25) is 0 Å². The van der Waals surface area contributed by atoms with Crippen molar-refractivity contribution in [1.82, 2.24) is 9.97 Å². The zero-order chi connectivity index (χ0) is 17.9. The molecule has 24 heavy (non-hydrogen) atoms. The predicted molar refractivity (Wildman–Crippen MR) is 79.5 cm³/mol. The third-order valence-corrected chi connectivity index (χ3v) is 3.01. The summed E-state index contributed by atoms with van der Waals surface area (Å²) in [6.45, 7) is 1.69. The van der Waals surface area contributed by atoms with Crippen LogP contribution in [0.1, 0.15) is 28.8 Å². The molecule has 9 heteroatoms. The van der Waals surface area contributed by atoms with Gasteiger partial charge in [-0.25, -0.2) is 14.8 Å². The van der Waals surface area contributed by atoms with Crippen LogP contribution in [0, 0.1) is 0 Å². The summed E-state index contributed by atoms with van der Waals surface area (Å²) in [6, 6.07) is 4.07. The first-order valence-electron chi connectivity index (χ1n) is 6.75. The second-order valence-corrected chi connectivity index (χ2v) is 5.66. The van der Waals surface area contributed by atoms with E-state index in [0.717, 1.165) is 24.4 Å². The average molecular weight is 361 g/mol. The summed E-state index contributed by atoms with van der Waals surface area (Å²) in [5, 5.41) is 8.90. The number of halogens is 4. The molecule has 1 atom stereocenters. The molecule has 1 aromatic carbocycles. The number of rotatable bonds is 5. The molecule has 1 aromatic heterocycles. The highest BCUT2D eigenvalue weighted by Gasteiger charge is 2.30. The van der Waals surface area contributed by atoms with Gasteiger partial charge in [-0.1, -0.05) is 6.07 Å². The fourth-order valence-corrected chi connectivity index (χ4v) is 1.99. The van der Waals surface area contributed by atoms with Crippen molar-refractivity contribution in [2.75, 3.05) is 0 Å². The lowest BCUT2D eigenvalue weighted by Crippen LogP contribution is -2.10. The maximum Gasteiger partial charge on any atom is 0.416 e. The first-order chi connectivity index (χ1) is 11.2. The summed E-state index contributed by atoms with van der Waals surface area (Å²) in [6.07, 6.45) is -3.19. The smallest absolute Gasteiger partial charge is 0.416 e. The molecular formula is C15H12ClF3N2O3. The van der Waals surface area contributed by atoms with Crippen LogP contribution in [0.15, 0.2) is 30.5 Å². The zero-order valence-electron chi connectivity index (χ0n) is 12.3. The minimum absolute atomic E-state index is 0.172. The van der Waals surface area contributed by atoms with E-state index in [1.165, 1.54) is 6.07 Å². The average Bonchev–Trinajstić information content (AvgIpc) is 2.47. The van der Waals surface area contributed by atoms with Crippen molar-refractivity contribution in [3.63, 3.8) is 0 Å². The Hall–Kier alpha value is -2.35. The highest BCUT2D eigenvalue weighted by Crippen LogP contribution is 2.33. The number of nitrogens with zero attached hydrogens (tertiary/aromatic N) is 2. The number of hydrogen-bond acceptors (Lipinski definition) is 4. The van der Waals surface area contributed by atoms with E-state index >= 15 is 0 Å². The molecule has 1 N–H and O–H groups in total. The van der Waals surface area contributed by atoms with Crippen molar-refractivity contribution in [2.24, 2.45) is 0 Å². The van der Waals surface area contributed by atoms with Crippen LogP contribution >= 0.6 is 11.6 Å². The maximum atomic E-state index is 12.7. The summed E-state index contributed by atoms with van der Waals surface area (Å²) in [4.78, 5) is 19.1. The number of alkyl halides is 4. The molecule has 0 radical (unpaired) electrons. The van der Waals surface area contributed by atoms with Gasteiger partial charge in [-0.3, -0.25) is 0 Å². The van der Waals surface area contributed by atoms with E-state index < -0.39 is 23.4 Å². The van der Waals surface area contributed by atoms with Gasteiger partial charge in [-0.05, 0) is 25.1 Å². The molecule has 0 aliphatic heterocycles. The van der Waals surface area contributed by atoms with Crippen LogP contribution in [0.3, 0.4) is 0 Å². The van der Waals surface area contributed by atoms with Gasteiger partial charge in [-0.15, -0.1) is 11.6 Å². The standard InChI is InChI=1S/C15H12ClF3N2O3/c1-8(16)5-12-20-7-11(13(21-12)14(22)23)24-10-4-2-3-9(6-10)15(17,18)19/h2-4,6-8H,5H2,1H3,(H,22,23). The van der Waals surface area contributed by atoms with Crippen molar-refractivity contribution in [3.05, 3.63) is 47.5 Å². The van der Waals surface area contributed by atoms with Gasteiger partial charge in [0, 0.05) is 11.8 Å². The van der Waals surface area contributed by atoms with Crippen LogP contribution in [0.4, 0.5) is 13.2 Å². The molecule has 0 bridgehead atoms. The highest BCUT2D eigenvalue weighted by atomic mass is 35.5. The van der Waals surface area contributed by atoms with E-state index in [2.05, 4.69) is 9.97 Å². The summed E-state index contributed by atoms with van der Waals surface area (Å²) in [5.41, 5.74) is -1.36. The number of aromatic carboxylic acids is 1. The number of hydrogen-bond donors (Lipinski definition) is 1. The lowest BCUT2D eigenvalue weighted by molar-refractivity contribution is -0.137.